The average Bonchev–Trinajstić information content (AvgIpc) is 3.52. The maximum atomic E-state index is 4.90. The molecular formula is C25H32N6. The quantitative estimate of drug-likeness (QED) is 0.643. The highest BCUT2D eigenvalue weighted by Gasteiger charge is 2.27. The Morgan fingerprint density at radius 3 is 2.74 bits per heavy atom. The second-order valence-corrected chi connectivity index (χ2v) is 9.04. The minimum Gasteiger partial charge on any atom is -0.341 e. The third-order valence-electron chi connectivity index (χ3n) is 6.79. The van der Waals surface area contributed by atoms with Crippen molar-refractivity contribution in [3.63, 3.8) is 0 Å². The molecule has 1 N–H and O–H groups in total. The van der Waals surface area contributed by atoms with E-state index < -0.39 is 0 Å². The van der Waals surface area contributed by atoms with E-state index in [4.69, 9.17) is 4.98 Å². The van der Waals surface area contributed by atoms with Crippen molar-refractivity contribution >= 4 is 5.95 Å². The molecule has 4 heterocycles. The van der Waals surface area contributed by atoms with E-state index in [0.717, 1.165) is 43.4 Å². The lowest BCUT2D eigenvalue weighted by Crippen LogP contribution is -2.37. The van der Waals surface area contributed by atoms with Crippen LogP contribution in [0.1, 0.15) is 55.7 Å². The van der Waals surface area contributed by atoms with Gasteiger partial charge in [0.05, 0.1) is 11.9 Å². The van der Waals surface area contributed by atoms with E-state index in [9.17, 15) is 0 Å². The molecule has 6 heteroatoms. The van der Waals surface area contributed by atoms with Crippen LogP contribution in [0.4, 0.5) is 5.95 Å². The molecule has 2 atom stereocenters. The van der Waals surface area contributed by atoms with Gasteiger partial charge in [-0.1, -0.05) is 37.3 Å². The molecule has 3 aromatic rings. The summed E-state index contributed by atoms with van der Waals surface area (Å²) < 4.78 is 0. The zero-order valence-corrected chi connectivity index (χ0v) is 18.4. The van der Waals surface area contributed by atoms with Crippen molar-refractivity contribution in [2.75, 3.05) is 37.6 Å². The molecule has 0 aliphatic carbocycles. The van der Waals surface area contributed by atoms with Gasteiger partial charge in [-0.05, 0) is 49.8 Å². The van der Waals surface area contributed by atoms with Crippen LogP contribution in [0.5, 0.6) is 0 Å². The van der Waals surface area contributed by atoms with E-state index >= 15 is 0 Å². The van der Waals surface area contributed by atoms with Crippen LogP contribution in [0.3, 0.4) is 0 Å². The highest BCUT2D eigenvalue weighted by atomic mass is 15.3. The van der Waals surface area contributed by atoms with Crippen molar-refractivity contribution in [3.05, 3.63) is 60.0 Å². The lowest BCUT2D eigenvalue weighted by Gasteiger charge is -2.34. The Morgan fingerprint density at radius 1 is 1.06 bits per heavy atom. The first kappa shape index (κ1) is 20.2. The number of H-pyrrole nitrogens is 1. The molecule has 0 unspecified atom stereocenters. The van der Waals surface area contributed by atoms with Crippen LogP contribution in [0.2, 0.25) is 0 Å². The molecule has 31 heavy (non-hydrogen) atoms. The van der Waals surface area contributed by atoms with E-state index in [2.05, 4.69) is 62.2 Å². The van der Waals surface area contributed by atoms with Crippen LogP contribution in [-0.4, -0.2) is 57.8 Å². The highest BCUT2D eigenvalue weighted by molar-refractivity contribution is 5.63. The van der Waals surface area contributed by atoms with Crippen LogP contribution in [0, 0.1) is 0 Å². The number of hydrogen-bond acceptors (Lipinski definition) is 5. The van der Waals surface area contributed by atoms with Gasteiger partial charge in [-0.3, -0.25) is 5.10 Å². The number of rotatable bonds is 6. The van der Waals surface area contributed by atoms with Gasteiger partial charge in [0.25, 0.3) is 0 Å². The summed E-state index contributed by atoms with van der Waals surface area (Å²) in [6, 6.07) is 12.9. The summed E-state index contributed by atoms with van der Waals surface area (Å²) in [5.41, 5.74) is 4.76. The number of aromatic nitrogens is 4. The van der Waals surface area contributed by atoms with Crippen LogP contribution in [-0.2, 0) is 0 Å². The molecule has 6 nitrogen and oxygen atoms in total. The Kier molecular flexibility index (Phi) is 5.98. The number of nitrogens with one attached hydrogen (secondary N) is 1. The van der Waals surface area contributed by atoms with Gasteiger partial charge in [-0.15, -0.1) is 0 Å². The first-order valence-corrected chi connectivity index (χ1v) is 11.7. The highest BCUT2D eigenvalue weighted by Crippen LogP contribution is 2.33. The second kappa shape index (κ2) is 9.18. The van der Waals surface area contributed by atoms with E-state index in [1.807, 2.05) is 18.5 Å². The van der Waals surface area contributed by atoms with Crippen molar-refractivity contribution in [2.45, 2.75) is 44.4 Å². The molecule has 2 aromatic heterocycles. The van der Waals surface area contributed by atoms with E-state index in [0.29, 0.717) is 11.8 Å². The predicted molar refractivity (Wildman–Crippen MR) is 124 cm³/mol. The number of nitrogens with zero attached hydrogens (tertiary/aromatic N) is 5. The molecule has 0 saturated carbocycles. The molecular weight excluding hydrogens is 384 g/mol. The Labute approximate surface area is 184 Å². The molecule has 2 fully saturated rings. The topological polar surface area (TPSA) is 60.9 Å². The number of hydrogen-bond donors (Lipinski definition) is 1. The van der Waals surface area contributed by atoms with Gasteiger partial charge in [0.15, 0.2) is 0 Å². The van der Waals surface area contributed by atoms with Gasteiger partial charge in [0, 0.05) is 49.6 Å². The van der Waals surface area contributed by atoms with E-state index in [-0.39, 0.29) is 0 Å². The third-order valence-corrected chi connectivity index (χ3v) is 6.79. The predicted octanol–water partition coefficient (Wildman–Crippen LogP) is 4.45. The standard InChI is InChI=1S/C25H32N6/c1-19(20-8-3-2-4-9-20)17-30-13-7-10-21(18-30)24-22(16-27-29-24)23-11-12-26-25(28-23)31-14-5-6-15-31/h2-4,8-9,11-12,16,19,21H,5-7,10,13-15,17-18H2,1H3,(H,27,29)/t19-,21+/m1/s1. The van der Waals surface area contributed by atoms with Gasteiger partial charge >= 0.3 is 0 Å². The van der Waals surface area contributed by atoms with Gasteiger partial charge in [-0.2, -0.15) is 5.10 Å². The molecule has 1 aromatic carbocycles. The normalized spacial score (nSPS) is 20.8. The largest absolute Gasteiger partial charge is 0.341 e. The molecule has 0 bridgehead atoms. The molecule has 162 valence electrons. The van der Waals surface area contributed by atoms with Crippen molar-refractivity contribution in [2.24, 2.45) is 0 Å². The van der Waals surface area contributed by atoms with Gasteiger partial charge in [0.2, 0.25) is 5.95 Å². The van der Waals surface area contributed by atoms with Crippen LogP contribution in [0.25, 0.3) is 11.3 Å². The Bertz CT molecular complexity index is 978. The Hall–Kier alpha value is -2.73. The Balaban J connectivity index is 1.31. The minimum absolute atomic E-state index is 0.458. The molecule has 5 rings (SSSR count). The van der Waals surface area contributed by atoms with Gasteiger partial charge in [0.1, 0.15) is 0 Å². The average molecular weight is 417 g/mol. The summed E-state index contributed by atoms with van der Waals surface area (Å²) >= 11 is 0. The second-order valence-electron chi connectivity index (χ2n) is 9.04. The zero-order valence-electron chi connectivity index (χ0n) is 18.4. The molecule has 2 aliphatic heterocycles. The fraction of sp³-hybridized carbons (Fsp3) is 0.480. The lowest BCUT2D eigenvalue weighted by atomic mass is 9.90. The van der Waals surface area contributed by atoms with Crippen LogP contribution in [0.15, 0.2) is 48.8 Å². The monoisotopic (exact) mass is 416 g/mol. The van der Waals surface area contributed by atoms with Gasteiger partial charge in [-0.25, -0.2) is 9.97 Å². The number of aromatic amines is 1. The lowest BCUT2D eigenvalue weighted by molar-refractivity contribution is 0.197. The molecule has 2 aliphatic rings. The van der Waals surface area contributed by atoms with E-state index in [1.54, 1.807) is 0 Å². The molecule has 0 spiro atoms. The maximum absolute atomic E-state index is 4.90. The fourth-order valence-electron chi connectivity index (χ4n) is 5.11. The Morgan fingerprint density at radius 2 is 1.90 bits per heavy atom. The molecule has 0 radical (unpaired) electrons. The third kappa shape index (κ3) is 4.49. The smallest absolute Gasteiger partial charge is 0.225 e. The fourth-order valence-corrected chi connectivity index (χ4v) is 5.11. The zero-order chi connectivity index (χ0) is 21.0. The van der Waals surface area contributed by atoms with Crippen molar-refractivity contribution in [3.8, 4) is 11.3 Å². The van der Waals surface area contributed by atoms with E-state index in [1.165, 1.54) is 43.5 Å². The van der Waals surface area contributed by atoms with Crippen molar-refractivity contribution < 1.29 is 0 Å². The summed E-state index contributed by atoms with van der Waals surface area (Å²) in [7, 11) is 0. The number of anilines is 1. The first-order chi connectivity index (χ1) is 15.3. The number of likely N-dealkylation sites (tertiary alicyclic amines) is 1. The SMILES string of the molecule is C[C@H](CN1CCC[C@H](c2[nH]ncc2-c2ccnc(N3CCCC3)n2)C1)c1ccccc1. The summed E-state index contributed by atoms with van der Waals surface area (Å²) in [5.74, 6) is 1.84. The number of piperidine rings is 1. The minimum atomic E-state index is 0.458. The van der Waals surface area contributed by atoms with Crippen molar-refractivity contribution in [1.82, 2.24) is 25.1 Å². The van der Waals surface area contributed by atoms with Crippen LogP contribution < -0.4 is 4.90 Å². The number of benzene rings is 1. The maximum Gasteiger partial charge on any atom is 0.225 e. The summed E-state index contributed by atoms with van der Waals surface area (Å²) in [5, 5.41) is 7.73. The summed E-state index contributed by atoms with van der Waals surface area (Å²) in [4.78, 5) is 14.3. The van der Waals surface area contributed by atoms with Crippen LogP contribution >= 0.6 is 0 Å². The molecule has 2 saturated heterocycles. The molecule has 0 amide bonds. The summed E-state index contributed by atoms with van der Waals surface area (Å²) in [6.07, 6.45) is 8.69. The first-order valence-electron chi connectivity index (χ1n) is 11.7. The van der Waals surface area contributed by atoms with Gasteiger partial charge < -0.3 is 9.80 Å². The van der Waals surface area contributed by atoms with Crippen molar-refractivity contribution in [1.29, 1.82) is 0 Å². The summed E-state index contributed by atoms with van der Waals surface area (Å²) in [6.45, 7) is 7.77.